The lowest BCUT2D eigenvalue weighted by molar-refractivity contribution is -0.143. The maximum absolute atomic E-state index is 12.6. The van der Waals surface area contributed by atoms with Crippen LogP contribution < -0.4 is 33.2 Å². The van der Waals surface area contributed by atoms with E-state index in [1.54, 1.807) is 13.8 Å². The van der Waals surface area contributed by atoms with Crippen LogP contribution in [0, 0.1) is 5.92 Å². The third-order valence-corrected chi connectivity index (χ3v) is 4.49. The van der Waals surface area contributed by atoms with Gasteiger partial charge in [0, 0.05) is 12.8 Å². The molecule has 4 unspecified atom stereocenters. The van der Waals surface area contributed by atoms with E-state index >= 15 is 0 Å². The van der Waals surface area contributed by atoms with Crippen molar-refractivity contribution in [2.24, 2.45) is 23.1 Å². The molecule has 0 aromatic carbocycles. The van der Waals surface area contributed by atoms with Gasteiger partial charge in [-0.2, -0.15) is 0 Å². The lowest BCUT2D eigenvalue weighted by Crippen LogP contribution is -2.58. The van der Waals surface area contributed by atoms with E-state index in [9.17, 15) is 39.0 Å². The number of nitrogens with two attached hydrogens (primary N) is 3. The molecule has 0 spiro atoms. The lowest BCUT2D eigenvalue weighted by Gasteiger charge is -2.24. The van der Waals surface area contributed by atoms with Crippen LogP contribution in [-0.2, 0) is 28.8 Å². The molecule has 0 radical (unpaired) electrons. The van der Waals surface area contributed by atoms with Gasteiger partial charge in [-0.15, -0.1) is 0 Å². The van der Waals surface area contributed by atoms with Crippen LogP contribution in [0.5, 0.6) is 0 Å². The highest BCUT2D eigenvalue weighted by atomic mass is 16.4. The van der Waals surface area contributed by atoms with E-state index in [0.29, 0.717) is 0 Å². The van der Waals surface area contributed by atoms with Gasteiger partial charge in [-0.1, -0.05) is 13.8 Å². The highest BCUT2D eigenvalue weighted by molar-refractivity contribution is 5.94. The van der Waals surface area contributed by atoms with Crippen LogP contribution in [0.2, 0.25) is 0 Å². The number of carbonyl (C=O) groups excluding carboxylic acids is 5. The fraction of sp³-hybridized carbons (Fsp3) is 0.684. The number of aliphatic hydroxyl groups is 1. The third kappa shape index (κ3) is 12.4. The van der Waals surface area contributed by atoms with Crippen molar-refractivity contribution in [3.63, 3.8) is 0 Å². The molecule has 0 bridgehead atoms. The minimum absolute atomic E-state index is 0.0576. The average molecular weight is 475 g/mol. The monoisotopic (exact) mass is 474 g/mol. The largest absolute Gasteiger partial charge is 0.480 e. The number of primary amides is 2. The van der Waals surface area contributed by atoms with Gasteiger partial charge in [0.1, 0.15) is 18.1 Å². The quantitative estimate of drug-likeness (QED) is 0.110. The van der Waals surface area contributed by atoms with E-state index in [1.807, 2.05) is 0 Å². The van der Waals surface area contributed by atoms with E-state index in [1.165, 1.54) is 0 Å². The standard InChI is InChI=1S/C19H34N6O8/c1-9(2)7-12(19(32)33)24-17(30)11(4-6-15(22)28)23-18(31)13(8-26)25-16(29)10(20)3-5-14(21)27/h9-13,26H,3-8,20H2,1-2H3,(H2,21,27)(H2,22,28)(H,23,31)(H,24,30)(H,25,29)(H,32,33). The number of aliphatic carboxylic acids is 1. The maximum Gasteiger partial charge on any atom is 0.326 e. The van der Waals surface area contributed by atoms with E-state index in [2.05, 4.69) is 16.0 Å². The van der Waals surface area contributed by atoms with E-state index in [-0.39, 0.29) is 38.0 Å². The summed E-state index contributed by atoms with van der Waals surface area (Å²) < 4.78 is 0. The molecule has 5 amide bonds. The van der Waals surface area contributed by atoms with Crippen molar-refractivity contribution in [1.82, 2.24) is 16.0 Å². The van der Waals surface area contributed by atoms with E-state index in [4.69, 9.17) is 17.2 Å². The van der Waals surface area contributed by atoms with Crippen LogP contribution >= 0.6 is 0 Å². The predicted molar refractivity (Wildman–Crippen MR) is 115 cm³/mol. The summed E-state index contributed by atoms with van der Waals surface area (Å²) >= 11 is 0. The molecule has 14 nitrogen and oxygen atoms in total. The van der Waals surface area contributed by atoms with Crippen LogP contribution in [0.25, 0.3) is 0 Å². The van der Waals surface area contributed by atoms with Crippen LogP contribution in [0.4, 0.5) is 0 Å². The first kappa shape index (κ1) is 29.7. The van der Waals surface area contributed by atoms with Crippen LogP contribution in [0.1, 0.15) is 46.0 Å². The van der Waals surface area contributed by atoms with Gasteiger partial charge in [0.25, 0.3) is 0 Å². The number of nitrogens with one attached hydrogen (secondary N) is 3. The zero-order valence-corrected chi connectivity index (χ0v) is 18.7. The van der Waals surface area contributed by atoms with E-state index in [0.717, 1.165) is 0 Å². The van der Waals surface area contributed by atoms with Crippen molar-refractivity contribution in [3.8, 4) is 0 Å². The first-order valence-electron chi connectivity index (χ1n) is 10.3. The Kier molecular flexibility index (Phi) is 13.3. The van der Waals surface area contributed by atoms with Crippen molar-refractivity contribution in [2.75, 3.05) is 6.61 Å². The Morgan fingerprint density at radius 1 is 0.758 bits per heavy atom. The van der Waals surface area contributed by atoms with Gasteiger partial charge >= 0.3 is 5.97 Å². The Morgan fingerprint density at radius 2 is 1.21 bits per heavy atom. The fourth-order valence-corrected chi connectivity index (χ4v) is 2.69. The zero-order chi connectivity index (χ0) is 25.7. The number of carboxylic acid groups (broad SMARTS) is 1. The summed E-state index contributed by atoms with van der Waals surface area (Å²) in [4.78, 5) is 70.6. The van der Waals surface area contributed by atoms with Gasteiger partial charge < -0.3 is 43.4 Å². The molecule has 0 rings (SSSR count). The van der Waals surface area contributed by atoms with Crippen LogP contribution in [-0.4, -0.2) is 76.5 Å². The van der Waals surface area contributed by atoms with Crippen molar-refractivity contribution in [2.45, 2.75) is 70.1 Å². The molecule has 0 saturated carbocycles. The number of amides is 5. The predicted octanol–water partition coefficient (Wildman–Crippen LogP) is -3.58. The highest BCUT2D eigenvalue weighted by Gasteiger charge is 2.30. The topological polar surface area (TPSA) is 257 Å². The Morgan fingerprint density at radius 3 is 1.67 bits per heavy atom. The zero-order valence-electron chi connectivity index (χ0n) is 18.7. The Balaban J connectivity index is 5.30. The number of hydrogen-bond acceptors (Lipinski definition) is 8. The van der Waals surface area contributed by atoms with Gasteiger partial charge in [-0.3, -0.25) is 24.0 Å². The number of rotatable bonds is 16. The normalized spacial score (nSPS) is 14.5. The van der Waals surface area contributed by atoms with Crippen molar-refractivity contribution < 1.29 is 39.0 Å². The molecule has 0 heterocycles. The summed E-state index contributed by atoms with van der Waals surface area (Å²) in [7, 11) is 0. The molecule has 0 aromatic rings. The Labute approximate surface area is 191 Å². The molecule has 0 aliphatic heterocycles. The Hall–Kier alpha value is -3.26. The molecule has 188 valence electrons. The summed E-state index contributed by atoms with van der Waals surface area (Å²) in [5.74, 6) is -5.46. The minimum Gasteiger partial charge on any atom is -0.480 e. The molecule has 0 saturated heterocycles. The van der Waals surface area contributed by atoms with Gasteiger partial charge in [0.05, 0.1) is 12.6 Å². The summed E-state index contributed by atoms with van der Waals surface area (Å²) in [5, 5.41) is 25.6. The summed E-state index contributed by atoms with van der Waals surface area (Å²) in [6.45, 7) is 2.67. The number of aliphatic hydroxyl groups excluding tert-OH is 1. The molecule has 33 heavy (non-hydrogen) atoms. The number of carbonyl (C=O) groups is 6. The second kappa shape index (κ2) is 14.7. The third-order valence-electron chi connectivity index (χ3n) is 4.49. The minimum atomic E-state index is -1.51. The lowest BCUT2D eigenvalue weighted by atomic mass is 10.0. The number of carboxylic acids is 1. The second-order valence-electron chi connectivity index (χ2n) is 7.95. The molecule has 14 heteroatoms. The second-order valence-corrected chi connectivity index (χ2v) is 7.95. The molecule has 0 aromatic heterocycles. The van der Waals surface area contributed by atoms with Gasteiger partial charge in [-0.25, -0.2) is 4.79 Å². The molecule has 4 atom stereocenters. The maximum atomic E-state index is 12.6. The molecule has 11 N–H and O–H groups in total. The molecular weight excluding hydrogens is 440 g/mol. The molecule has 0 aliphatic carbocycles. The van der Waals surface area contributed by atoms with Crippen LogP contribution in [0.15, 0.2) is 0 Å². The van der Waals surface area contributed by atoms with Gasteiger partial charge in [-0.05, 0) is 25.2 Å². The summed E-state index contributed by atoms with van der Waals surface area (Å²) in [6, 6.07) is -5.29. The first-order valence-corrected chi connectivity index (χ1v) is 10.3. The van der Waals surface area contributed by atoms with Gasteiger partial charge in [0.15, 0.2) is 0 Å². The molecule has 0 aliphatic rings. The van der Waals surface area contributed by atoms with E-state index < -0.39 is 66.3 Å². The summed E-state index contributed by atoms with van der Waals surface area (Å²) in [5.41, 5.74) is 15.7. The molecular formula is C19H34N6O8. The van der Waals surface area contributed by atoms with Crippen molar-refractivity contribution >= 4 is 35.5 Å². The SMILES string of the molecule is CC(C)CC(NC(=O)C(CCC(N)=O)NC(=O)C(CO)NC(=O)C(N)CCC(N)=O)C(=O)O. The fourth-order valence-electron chi connectivity index (χ4n) is 2.69. The first-order chi connectivity index (χ1) is 15.3. The highest BCUT2D eigenvalue weighted by Crippen LogP contribution is 2.07. The van der Waals surface area contributed by atoms with Crippen LogP contribution in [0.3, 0.4) is 0 Å². The average Bonchev–Trinajstić information content (AvgIpc) is 2.71. The smallest absolute Gasteiger partial charge is 0.326 e. The van der Waals surface area contributed by atoms with Crippen molar-refractivity contribution in [3.05, 3.63) is 0 Å². The van der Waals surface area contributed by atoms with Crippen molar-refractivity contribution in [1.29, 1.82) is 0 Å². The van der Waals surface area contributed by atoms with Gasteiger partial charge in [0.2, 0.25) is 29.5 Å². The molecule has 0 fully saturated rings. The summed E-state index contributed by atoms with van der Waals surface area (Å²) in [6.07, 6.45) is -0.673. The number of hydrogen-bond donors (Lipinski definition) is 8. The Bertz CT molecular complexity index is 729.